The number of hydrogen-bond acceptors (Lipinski definition) is 4. The van der Waals surface area contributed by atoms with E-state index in [-0.39, 0.29) is 0 Å². The van der Waals surface area contributed by atoms with Gasteiger partial charge >= 0.3 is 0 Å². The molecule has 0 aliphatic carbocycles. The average Bonchev–Trinajstić information content (AvgIpc) is 2.47. The smallest absolute Gasteiger partial charge is 0.127 e. The summed E-state index contributed by atoms with van der Waals surface area (Å²) in [6.07, 6.45) is 6.05. The van der Waals surface area contributed by atoms with Crippen molar-refractivity contribution in [2.45, 2.75) is 45.2 Å². The zero-order chi connectivity index (χ0) is 13.9. The van der Waals surface area contributed by atoms with Crippen molar-refractivity contribution < 1.29 is 0 Å². The molecule has 3 heterocycles. The SMILES string of the molecule is CCNc1cc(N2CC3CCCCN3CC2C)ccn1. The summed E-state index contributed by atoms with van der Waals surface area (Å²) in [5.74, 6) is 0.989. The van der Waals surface area contributed by atoms with Crippen molar-refractivity contribution in [3.05, 3.63) is 18.3 Å². The minimum absolute atomic E-state index is 0.584. The molecule has 2 fully saturated rings. The molecule has 0 bridgehead atoms. The molecule has 20 heavy (non-hydrogen) atoms. The molecule has 0 radical (unpaired) electrons. The molecule has 3 rings (SSSR count). The molecule has 2 unspecified atom stereocenters. The van der Waals surface area contributed by atoms with Crippen LogP contribution in [0.3, 0.4) is 0 Å². The summed E-state index contributed by atoms with van der Waals surface area (Å²) in [7, 11) is 0. The predicted octanol–water partition coefficient (Wildman–Crippen LogP) is 2.58. The average molecular weight is 274 g/mol. The lowest BCUT2D eigenvalue weighted by molar-refractivity contribution is 0.115. The molecule has 0 saturated carbocycles. The fourth-order valence-electron chi connectivity index (χ4n) is 3.59. The highest BCUT2D eigenvalue weighted by atomic mass is 15.3. The summed E-state index contributed by atoms with van der Waals surface area (Å²) in [6.45, 7) is 9.03. The van der Waals surface area contributed by atoms with E-state index >= 15 is 0 Å². The number of piperidine rings is 1. The van der Waals surface area contributed by atoms with Gasteiger partial charge in [0.15, 0.2) is 0 Å². The minimum Gasteiger partial charge on any atom is -0.370 e. The highest BCUT2D eigenvalue weighted by molar-refractivity contribution is 5.55. The van der Waals surface area contributed by atoms with Gasteiger partial charge in [-0.25, -0.2) is 4.98 Å². The molecule has 0 aromatic carbocycles. The lowest BCUT2D eigenvalue weighted by Gasteiger charge is -2.48. The van der Waals surface area contributed by atoms with Gasteiger partial charge < -0.3 is 10.2 Å². The highest BCUT2D eigenvalue weighted by Gasteiger charge is 2.32. The molecule has 110 valence electrons. The van der Waals surface area contributed by atoms with Crippen molar-refractivity contribution in [1.82, 2.24) is 9.88 Å². The van der Waals surface area contributed by atoms with Gasteiger partial charge in [-0.1, -0.05) is 6.42 Å². The molecule has 1 aromatic heterocycles. The molecule has 2 aliphatic heterocycles. The van der Waals surface area contributed by atoms with Gasteiger partial charge in [0.25, 0.3) is 0 Å². The summed E-state index contributed by atoms with van der Waals surface area (Å²) in [5.41, 5.74) is 1.31. The molecule has 4 nitrogen and oxygen atoms in total. The van der Waals surface area contributed by atoms with E-state index in [1.54, 1.807) is 0 Å². The van der Waals surface area contributed by atoms with E-state index in [1.165, 1.54) is 38.0 Å². The number of rotatable bonds is 3. The second kappa shape index (κ2) is 6.00. The second-order valence-corrected chi connectivity index (χ2v) is 6.08. The molecular formula is C16H26N4. The van der Waals surface area contributed by atoms with Crippen molar-refractivity contribution in [1.29, 1.82) is 0 Å². The van der Waals surface area contributed by atoms with Gasteiger partial charge in [0.1, 0.15) is 5.82 Å². The number of nitrogens with one attached hydrogen (secondary N) is 1. The molecule has 2 saturated heterocycles. The Morgan fingerprint density at radius 1 is 1.35 bits per heavy atom. The van der Waals surface area contributed by atoms with E-state index in [9.17, 15) is 0 Å². The number of anilines is 2. The van der Waals surface area contributed by atoms with E-state index in [0.717, 1.165) is 24.9 Å². The van der Waals surface area contributed by atoms with Crippen molar-refractivity contribution in [2.24, 2.45) is 0 Å². The van der Waals surface area contributed by atoms with Gasteiger partial charge in [0.2, 0.25) is 0 Å². The Bertz CT molecular complexity index is 448. The Morgan fingerprint density at radius 2 is 2.25 bits per heavy atom. The molecular weight excluding hydrogens is 248 g/mol. The van der Waals surface area contributed by atoms with Crippen LogP contribution in [0, 0.1) is 0 Å². The maximum absolute atomic E-state index is 4.38. The van der Waals surface area contributed by atoms with Crippen LogP contribution in [0.5, 0.6) is 0 Å². The standard InChI is InChI=1S/C16H26N4/c1-3-17-16-10-14(7-8-18-16)20-12-15-6-4-5-9-19(15)11-13(20)2/h7-8,10,13,15H,3-6,9,11-12H2,1-2H3,(H,17,18). The van der Waals surface area contributed by atoms with Gasteiger partial charge in [-0.05, 0) is 39.3 Å². The number of aromatic nitrogens is 1. The lowest BCUT2D eigenvalue weighted by atomic mass is 9.97. The predicted molar refractivity (Wildman–Crippen MR) is 84.4 cm³/mol. The first kappa shape index (κ1) is 13.7. The van der Waals surface area contributed by atoms with E-state index in [1.807, 2.05) is 6.20 Å². The van der Waals surface area contributed by atoms with E-state index in [0.29, 0.717) is 6.04 Å². The van der Waals surface area contributed by atoms with Crippen molar-refractivity contribution in [3.8, 4) is 0 Å². The van der Waals surface area contributed by atoms with E-state index in [4.69, 9.17) is 0 Å². The van der Waals surface area contributed by atoms with Crippen LogP contribution in [0.25, 0.3) is 0 Å². The number of pyridine rings is 1. The van der Waals surface area contributed by atoms with Gasteiger partial charge in [0.05, 0.1) is 0 Å². The Kier molecular flexibility index (Phi) is 4.10. The fraction of sp³-hybridized carbons (Fsp3) is 0.688. The molecule has 1 aromatic rings. The van der Waals surface area contributed by atoms with Gasteiger partial charge in [-0.2, -0.15) is 0 Å². The summed E-state index contributed by atoms with van der Waals surface area (Å²) in [4.78, 5) is 9.64. The number of hydrogen-bond donors (Lipinski definition) is 1. The molecule has 0 spiro atoms. The third-order valence-electron chi connectivity index (χ3n) is 4.62. The van der Waals surface area contributed by atoms with Crippen LogP contribution in [-0.2, 0) is 0 Å². The van der Waals surface area contributed by atoms with Crippen LogP contribution < -0.4 is 10.2 Å². The quantitative estimate of drug-likeness (QED) is 0.918. The van der Waals surface area contributed by atoms with Crippen molar-refractivity contribution in [2.75, 3.05) is 36.4 Å². The normalized spacial score (nSPS) is 27.2. The Morgan fingerprint density at radius 3 is 3.10 bits per heavy atom. The van der Waals surface area contributed by atoms with Crippen molar-refractivity contribution >= 4 is 11.5 Å². The first-order valence-electron chi connectivity index (χ1n) is 7.98. The van der Waals surface area contributed by atoms with Crippen molar-refractivity contribution in [3.63, 3.8) is 0 Å². The maximum atomic E-state index is 4.38. The Labute approximate surface area is 122 Å². The van der Waals surface area contributed by atoms with E-state index < -0.39 is 0 Å². The minimum atomic E-state index is 0.584. The second-order valence-electron chi connectivity index (χ2n) is 6.08. The molecule has 1 N–H and O–H groups in total. The molecule has 2 aliphatic rings. The van der Waals surface area contributed by atoms with Crippen LogP contribution >= 0.6 is 0 Å². The zero-order valence-corrected chi connectivity index (χ0v) is 12.7. The highest BCUT2D eigenvalue weighted by Crippen LogP contribution is 2.28. The largest absolute Gasteiger partial charge is 0.370 e. The summed E-state index contributed by atoms with van der Waals surface area (Å²) < 4.78 is 0. The first-order valence-corrected chi connectivity index (χ1v) is 7.98. The number of nitrogens with zero attached hydrogens (tertiary/aromatic N) is 3. The van der Waals surface area contributed by atoms with E-state index in [2.05, 4.69) is 46.1 Å². The van der Waals surface area contributed by atoms with Crippen LogP contribution in [0.2, 0.25) is 0 Å². The number of fused-ring (bicyclic) bond motifs is 1. The summed E-state index contributed by atoms with van der Waals surface area (Å²) >= 11 is 0. The zero-order valence-electron chi connectivity index (χ0n) is 12.7. The Hall–Kier alpha value is -1.29. The van der Waals surface area contributed by atoms with Crippen LogP contribution in [0.1, 0.15) is 33.1 Å². The molecule has 4 heteroatoms. The Balaban J connectivity index is 1.76. The maximum Gasteiger partial charge on any atom is 0.127 e. The van der Waals surface area contributed by atoms with Crippen LogP contribution in [-0.4, -0.2) is 48.1 Å². The van der Waals surface area contributed by atoms with Crippen LogP contribution in [0.4, 0.5) is 11.5 Å². The number of piperazine rings is 1. The van der Waals surface area contributed by atoms with Gasteiger partial charge in [-0.3, -0.25) is 4.90 Å². The third kappa shape index (κ3) is 2.75. The van der Waals surface area contributed by atoms with Gasteiger partial charge in [0, 0.05) is 49.7 Å². The van der Waals surface area contributed by atoms with Gasteiger partial charge in [-0.15, -0.1) is 0 Å². The summed E-state index contributed by atoms with van der Waals surface area (Å²) in [6, 6.07) is 5.67. The summed E-state index contributed by atoms with van der Waals surface area (Å²) in [5, 5.41) is 3.31. The lowest BCUT2D eigenvalue weighted by Crippen LogP contribution is -2.58. The monoisotopic (exact) mass is 274 g/mol. The fourth-order valence-corrected chi connectivity index (χ4v) is 3.59. The molecule has 0 amide bonds. The topological polar surface area (TPSA) is 31.4 Å². The third-order valence-corrected chi connectivity index (χ3v) is 4.62. The van der Waals surface area contributed by atoms with Crippen LogP contribution in [0.15, 0.2) is 18.3 Å². The molecule has 2 atom stereocenters. The first-order chi connectivity index (χ1) is 9.78.